The highest BCUT2D eigenvalue weighted by molar-refractivity contribution is 9.10. The van der Waals surface area contributed by atoms with Crippen LogP contribution in [0.5, 0.6) is 11.5 Å². The molecule has 1 aromatic heterocycles. The van der Waals surface area contributed by atoms with Gasteiger partial charge in [0.25, 0.3) is 0 Å². The Labute approximate surface area is 230 Å². The third-order valence-corrected chi connectivity index (χ3v) is 9.79. The molecule has 7 atom stereocenters. The Morgan fingerprint density at radius 1 is 1.05 bits per heavy atom. The number of rotatable bonds is 5. The first kappa shape index (κ1) is 24.5. The second-order valence-electron chi connectivity index (χ2n) is 10.9. The summed E-state index contributed by atoms with van der Waals surface area (Å²) in [6.45, 7) is 2.04. The van der Waals surface area contributed by atoms with E-state index >= 15 is 0 Å². The van der Waals surface area contributed by atoms with Gasteiger partial charge in [-0.15, -0.1) is 0 Å². The molecule has 2 saturated heterocycles. The molecule has 3 aromatic rings. The maximum absolute atomic E-state index is 13.0. The maximum Gasteiger partial charge on any atom is 0.177 e. The summed E-state index contributed by atoms with van der Waals surface area (Å²) < 4.78 is 19.4. The van der Waals surface area contributed by atoms with Crippen molar-refractivity contribution in [3.63, 3.8) is 0 Å². The lowest BCUT2D eigenvalue weighted by Crippen LogP contribution is -2.52. The Morgan fingerprint density at radius 2 is 1.76 bits per heavy atom. The molecule has 4 heterocycles. The molecule has 1 saturated carbocycles. The lowest BCUT2D eigenvalue weighted by molar-refractivity contribution is -0.153. The highest BCUT2D eigenvalue weighted by atomic mass is 79.9. The summed E-state index contributed by atoms with van der Waals surface area (Å²) in [5, 5.41) is 25.3. The Bertz CT molecular complexity index is 1320. The minimum absolute atomic E-state index is 0.321. The second kappa shape index (κ2) is 9.03. The van der Waals surface area contributed by atoms with Crippen LogP contribution in [0.25, 0.3) is 0 Å². The van der Waals surface area contributed by atoms with Crippen LogP contribution in [0.1, 0.15) is 35.4 Å². The number of aliphatic hydroxyl groups excluding tert-OH is 1. The van der Waals surface area contributed by atoms with E-state index in [2.05, 4.69) is 37.9 Å². The van der Waals surface area contributed by atoms with Gasteiger partial charge in [0, 0.05) is 34.9 Å². The van der Waals surface area contributed by atoms with Crippen LogP contribution >= 0.6 is 15.9 Å². The Kier molecular flexibility index (Phi) is 5.83. The molecule has 3 aliphatic heterocycles. The van der Waals surface area contributed by atoms with Gasteiger partial charge < -0.3 is 24.4 Å². The average molecular weight is 579 g/mol. The van der Waals surface area contributed by atoms with Crippen molar-refractivity contribution in [3.05, 3.63) is 88.2 Å². The Hall–Kier alpha value is -2.49. The zero-order chi connectivity index (χ0) is 26.1. The van der Waals surface area contributed by atoms with E-state index in [-0.39, 0.29) is 11.8 Å². The SMILES string of the molecule is COc1cncc2c1C1(O)C(O)C(CN3[C@@H]4CC[C@H]3COC4)C(c3ccccc3)C1(c1ccc(Br)cc1)O2. The number of nitrogens with zero attached hydrogens (tertiary/aromatic N) is 2. The number of pyridine rings is 1. The molecule has 8 heteroatoms. The summed E-state index contributed by atoms with van der Waals surface area (Å²) in [7, 11) is 1.55. The molecule has 0 amide bonds. The predicted molar refractivity (Wildman–Crippen MR) is 144 cm³/mol. The molecule has 4 aliphatic rings. The van der Waals surface area contributed by atoms with E-state index in [4.69, 9.17) is 14.2 Å². The van der Waals surface area contributed by atoms with Crippen LogP contribution in [-0.2, 0) is 15.9 Å². The normalized spacial score (nSPS) is 35.5. The first-order valence-electron chi connectivity index (χ1n) is 13.3. The number of hydrogen-bond acceptors (Lipinski definition) is 7. The molecule has 38 heavy (non-hydrogen) atoms. The van der Waals surface area contributed by atoms with Crippen molar-refractivity contribution in [1.29, 1.82) is 0 Å². The summed E-state index contributed by atoms with van der Waals surface area (Å²) in [5.41, 5.74) is -0.819. The van der Waals surface area contributed by atoms with E-state index in [1.165, 1.54) is 0 Å². The van der Waals surface area contributed by atoms with Crippen LogP contribution in [-0.4, -0.2) is 65.2 Å². The molecule has 7 rings (SSSR count). The summed E-state index contributed by atoms with van der Waals surface area (Å²) in [5.74, 6) is 0.157. The lowest BCUT2D eigenvalue weighted by Gasteiger charge is -2.41. The monoisotopic (exact) mass is 578 g/mol. The highest BCUT2D eigenvalue weighted by Crippen LogP contribution is 2.69. The van der Waals surface area contributed by atoms with Crippen molar-refractivity contribution >= 4 is 15.9 Å². The van der Waals surface area contributed by atoms with Crippen molar-refractivity contribution in [2.45, 2.75) is 48.1 Å². The number of fused-ring (bicyclic) bond motifs is 5. The molecule has 7 nitrogen and oxygen atoms in total. The van der Waals surface area contributed by atoms with Crippen LogP contribution in [0.2, 0.25) is 0 Å². The minimum atomic E-state index is -1.78. The molecule has 2 bridgehead atoms. The van der Waals surface area contributed by atoms with Gasteiger partial charge in [-0.2, -0.15) is 0 Å². The molecule has 198 valence electrons. The number of hydrogen-bond donors (Lipinski definition) is 2. The summed E-state index contributed by atoms with van der Waals surface area (Å²) in [4.78, 5) is 6.81. The van der Waals surface area contributed by atoms with Gasteiger partial charge in [0.15, 0.2) is 11.2 Å². The number of aliphatic hydroxyl groups is 2. The van der Waals surface area contributed by atoms with Gasteiger partial charge in [-0.25, -0.2) is 0 Å². The van der Waals surface area contributed by atoms with Gasteiger partial charge in [-0.1, -0.05) is 58.4 Å². The number of morpholine rings is 1. The molecular formula is C30H31BrN2O5. The molecule has 2 aromatic carbocycles. The number of ether oxygens (including phenoxy) is 3. The van der Waals surface area contributed by atoms with Crippen LogP contribution < -0.4 is 9.47 Å². The summed E-state index contributed by atoms with van der Waals surface area (Å²) in [6, 6.07) is 18.7. The van der Waals surface area contributed by atoms with Gasteiger partial charge in [0.1, 0.15) is 11.5 Å². The van der Waals surface area contributed by atoms with E-state index in [0.29, 0.717) is 48.9 Å². The summed E-state index contributed by atoms with van der Waals surface area (Å²) >= 11 is 3.56. The first-order chi connectivity index (χ1) is 18.5. The van der Waals surface area contributed by atoms with E-state index in [9.17, 15) is 10.2 Å². The third-order valence-electron chi connectivity index (χ3n) is 9.26. The Balaban J connectivity index is 1.47. The van der Waals surface area contributed by atoms with Gasteiger partial charge >= 0.3 is 0 Å². The fraction of sp³-hybridized carbons (Fsp3) is 0.433. The predicted octanol–water partition coefficient (Wildman–Crippen LogP) is 3.97. The molecule has 1 aliphatic carbocycles. The maximum atomic E-state index is 13.0. The van der Waals surface area contributed by atoms with E-state index in [0.717, 1.165) is 28.4 Å². The average Bonchev–Trinajstić information content (AvgIpc) is 3.40. The minimum Gasteiger partial charge on any atom is -0.495 e. The van der Waals surface area contributed by atoms with Crippen molar-refractivity contribution in [2.75, 3.05) is 26.9 Å². The molecule has 0 radical (unpaired) electrons. The number of benzene rings is 2. The van der Waals surface area contributed by atoms with Crippen LogP contribution in [0.3, 0.4) is 0 Å². The van der Waals surface area contributed by atoms with Gasteiger partial charge in [0.2, 0.25) is 0 Å². The zero-order valence-electron chi connectivity index (χ0n) is 21.2. The van der Waals surface area contributed by atoms with Gasteiger partial charge in [-0.3, -0.25) is 9.88 Å². The first-order valence-corrected chi connectivity index (χ1v) is 14.0. The molecular weight excluding hydrogens is 548 g/mol. The lowest BCUT2D eigenvalue weighted by atomic mass is 9.70. The largest absolute Gasteiger partial charge is 0.495 e. The highest BCUT2D eigenvalue weighted by Gasteiger charge is 2.77. The van der Waals surface area contributed by atoms with Crippen LogP contribution in [0.4, 0.5) is 0 Å². The third kappa shape index (κ3) is 3.24. The van der Waals surface area contributed by atoms with E-state index in [1.54, 1.807) is 19.5 Å². The van der Waals surface area contributed by atoms with Gasteiger partial charge in [0.05, 0.1) is 44.4 Å². The fourth-order valence-corrected chi connectivity index (χ4v) is 7.95. The van der Waals surface area contributed by atoms with Crippen molar-refractivity contribution in [3.8, 4) is 11.5 Å². The van der Waals surface area contributed by atoms with Crippen molar-refractivity contribution in [2.24, 2.45) is 5.92 Å². The quantitative estimate of drug-likeness (QED) is 0.474. The number of halogens is 1. The topological polar surface area (TPSA) is 84.3 Å². The molecule has 2 N–H and O–H groups in total. The van der Waals surface area contributed by atoms with Crippen LogP contribution in [0.15, 0.2) is 71.5 Å². The second-order valence-corrected chi connectivity index (χ2v) is 11.9. The smallest absolute Gasteiger partial charge is 0.177 e. The number of aromatic nitrogens is 1. The number of methoxy groups -OCH3 is 1. The fourth-order valence-electron chi connectivity index (χ4n) is 7.69. The van der Waals surface area contributed by atoms with Gasteiger partial charge in [-0.05, 0) is 36.1 Å². The summed E-state index contributed by atoms with van der Waals surface area (Å²) in [6.07, 6.45) is 4.24. The molecule has 0 spiro atoms. The van der Waals surface area contributed by atoms with E-state index < -0.39 is 17.3 Å². The van der Waals surface area contributed by atoms with Crippen molar-refractivity contribution in [1.82, 2.24) is 9.88 Å². The van der Waals surface area contributed by atoms with Crippen molar-refractivity contribution < 1.29 is 24.4 Å². The van der Waals surface area contributed by atoms with Crippen LogP contribution in [0, 0.1) is 5.92 Å². The standard InChI is InChI=1S/C30H31BrN2O5/c1-36-24-13-32-14-25-27(24)29(35)28(34)23(15-33-21-11-12-22(33)17-37-16-21)26(18-5-3-2-4-6-18)30(29,38-25)19-7-9-20(31)10-8-19/h2-10,13-14,21-23,26,28,34-35H,11-12,15-17H2,1H3/t21-,22+,23?,26?,28?,29?,30?. The van der Waals surface area contributed by atoms with E-state index in [1.807, 2.05) is 42.5 Å². The molecule has 5 unspecified atom stereocenters. The Morgan fingerprint density at radius 3 is 2.45 bits per heavy atom. The zero-order valence-corrected chi connectivity index (χ0v) is 22.8. The molecule has 3 fully saturated rings.